The van der Waals surface area contributed by atoms with Crippen LogP contribution in [-0.2, 0) is 6.54 Å². The summed E-state index contributed by atoms with van der Waals surface area (Å²) >= 11 is 1.74. The van der Waals surface area contributed by atoms with E-state index in [0.717, 1.165) is 23.0 Å². The van der Waals surface area contributed by atoms with Crippen LogP contribution in [0, 0.1) is 11.2 Å². The zero-order chi connectivity index (χ0) is 12.3. The van der Waals surface area contributed by atoms with Gasteiger partial charge in [-0.1, -0.05) is 37.7 Å². The Balaban J connectivity index is 1.89. The van der Waals surface area contributed by atoms with E-state index in [1.165, 1.54) is 6.07 Å². The van der Waals surface area contributed by atoms with Gasteiger partial charge in [-0.25, -0.2) is 4.39 Å². The molecule has 2 rings (SSSR count). The van der Waals surface area contributed by atoms with Crippen molar-refractivity contribution in [2.24, 2.45) is 10.4 Å². The molecule has 0 bridgehead atoms. The molecule has 0 aliphatic carbocycles. The number of nitrogens with zero attached hydrogens (tertiary/aromatic N) is 1. The minimum Gasteiger partial charge on any atom is -0.361 e. The van der Waals surface area contributed by atoms with Gasteiger partial charge in [-0.2, -0.15) is 0 Å². The van der Waals surface area contributed by atoms with Crippen molar-refractivity contribution in [1.82, 2.24) is 5.32 Å². The van der Waals surface area contributed by atoms with E-state index in [4.69, 9.17) is 0 Å². The quantitative estimate of drug-likeness (QED) is 0.875. The molecule has 2 nitrogen and oxygen atoms in total. The van der Waals surface area contributed by atoms with Crippen molar-refractivity contribution in [3.63, 3.8) is 0 Å². The first-order chi connectivity index (χ1) is 8.05. The lowest BCUT2D eigenvalue weighted by Crippen LogP contribution is -2.30. The van der Waals surface area contributed by atoms with Gasteiger partial charge in [-0.05, 0) is 23.1 Å². The van der Waals surface area contributed by atoms with Crippen LogP contribution in [0.1, 0.15) is 19.4 Å². The molecular formula is C13H17FN2S. The fraction of sp³-hybridized carbons (Fsp3) is 0.462. The van der Waals surface area contributed by atoms with Crippen molar-refractivity contribution in [3.05, 3.63) is 35.6 Å². The van der Waals surface area contributed by atoms with Gasteiger partial charge < -0.3 is 5.32 Å². The van der Waals surface area contributed by atoms with Gasteiger partial charge in [0.05, 0.1) is 0 Å². The van der Waals surface area contributed by atoms with E-state index in [9.17, 15) is 4.39 Å². The molecule has 1 aromatic rings. The maximum absolute atomic E-state index is 13.0. The van der Waals surface area contributed by atoms with Crippen LogP contribution in [0.15, 0.2) is 29.3 Å². The second-order valence-corrected chi connectivity index (χ2v) is 6.02. The van der Waals surface area contributed by atoms with E-state index in [0.29, 0.717) is 6.54 Å². The summed E-state index contributed by atoms with van der Waals surface area (Å²) in [5.41, 5.74) is 1.23. The Morgan fingerprint density at radius 3 is 2.94 bits per heavy atom. The van der Waals surface area contributed by atoms with Gasteiger partial charge in [-0.15, -0.1) is 0 Å². The highest BCUT2D eigenvalue weighted by molar-refractivity contribution is 8.13. The maximum atomic E-state index is 13.0. The molecule has 0 radical (unpaired) electrons. The van der Waals surface area contributed by atoms with Gasteiger partial charge in [0.15, 0.2) is 5.17 Å². The van der Waals surface area contributed by atoms with Crippen LogP contribution in [0.4, 0.5) is 4.39 Å². The summed E-state index contributed by atoms with van der Waals surface area (Å²) in [6, 6.07) is 6.64. The van der Waals surface area contributed by atoms with Crippen molar-refractivity contribution in [2.45, 2.75) is 20.4 Å². The van der Waals surface area contributed by atoms with Crippen LogP contribution in [0.5, 0.6) is 0 Å². The molecule has 0 saturated heterocycles. The van der Waals surface area contributed by atoms with E-state index in [2.05, 4.69) is 24.2 Å². The molecule has 0 amide bonds. The summed E-state index contributed by atoms with van der Waals surface area (Å²) in [6.45, 7) is 5.91. The lowest BCUT2D eigenvalue weighted by atomic mass is 9.97. The molecule has 17 heavy (non-hydrogen) atoms. The van der Waals surface area contributed by atoms with E-state index < -0.39 is 0 Å². The zero-order valence-corrected chi connectivity index (χ0v) is 11.0. The van der Waals surface area contributed by atoms with Crippen molar-refractivity contribution >= 4 is 16.9 Å². The molecular weight excluding hydrogens is 235 g/mol. The Morgan fingerprint density at radius 2 is 2.29 bits per heavy atom. The normalized spacial score (nSPS) is 18.6. The van der Waals surface area contributed by atoms with Crippen molar-refractivity contribution in [3.8, 4) is 0 Å². The number of rotatable bonds is 2. The number of benzene rings is 1. The molecule has 1 aliphatic heterocycles. The van der Waals surface area contributed by atoms with Gasteiger partial charge in [0.2, 0.25) is 0 Å². The first kappa shape index (κ1) is 12.4. The second kappa shape index (κ2) is 5.08. The van der Waals surface area contributed by atoms with Crippen LogP contribution in [0.25, 0.3) is 0 Å². The average Bonchev–Trinajstić information content (AvgIpc) is 2.28. The number of aliphatic imine (C=N–C) groups is 1. The highest BCUT2D eigenvalue weighted by Crippen LogP contribution is 2.27. The fourth-order valence-corrected chi connectivity index (χ4v) is 2.52. The molecule has 0 atom stereocenters. The summed E-state index contributed by atoms with van der Waals surface area (Å²) in [5, 5.41) is 4.22. The van der Waals surface area contributed by atoms with Crippen LogP contribution in [0.2, 0.25) is 0 Å². The summed E-state index contributed by atoms with van der Waals surface area (Å²) in [4.78, 5) is 4.49. The third kappa shape index (κ3) is 3.73. The van der Waals surface area contributed by atoms with Gasteiger partial charge >= 0.3 is 0 Å². The molecule has 1 aromatic carbocycles. The van der Waals surface area contributed by atoms with E-state index in [1.54, 1.807) is 23.9 Å². The Labute approximate surface area is 106 Å². The van der Waals surface area contributed by atoms with E-state index >= 15 is 0 Å². The van der Waals surface area contributed by atoms with Crippen LogP contribution in [0.3, 0.4) is 0 Å². The van der Waals surface area contributed by atoms with Gasteiger partial charge in [0, 0.05) is 18.8 Å². The minimum absolute atomic E-state index is 0.191. The molecule has 92 valence electrons. The number of nitrogens with one attached hydrogen (secondary N) is 1. The molecule has 4 heteroatoms. The van der Waals surface area contributed by atoms with Crippen molar-refractivity contribution < 1.29 is 4.39 Å². The number of halogens is 1. The number of hydrogen-bond acceptors (Lipinski definition) is 3. The van der Waals surface area contributed by atoms with Crippen LogP contribution < -0.4 is 5.32 Å². The van der Waals surface area contributed by atoms with Gasteiger partial charge in [0.25, 0.3) is 0 Å². The molecule has 0 aromatic heterocycles. The topological polar surface area (TPSA) is 24.4 Å². The monoisotopic (exact) mass is 252 g/mol. The minimum atomic E-state index is -0.191. The Kier molecular flexibility index (Phi) is 3.72. The first-order valence-electron chi connectivity index (χ1n) is 5.71. The largest absolute Gasteiger partial charge is 0.361 e. The second-order valence-electron chi connectivity index (χ2n) is 5.06. The maximum Gasteiger partial charge on any atom is 0.156 e. The molecule has 0 fully saturated rings. The van der Waals surface area contributed by atoms with Gasteiger partial charge in [0.1, 0.15) is 5.82 Å². The van der Waals surface area contributed by atoms with E-state index in [1.807, 2.05) is 6.07 Å². The number of thioether (sulfide) groups is 1. The summed E-state index contributed by atoms with van der Waals surface area (Å²) < 4.78 is 13.0. The van der Waals surface area contributed by atoms with Crippen molar-refractivity contribution in [2.75, 3.05) is 12.3 Å². The number of amidine groups is 1. The lowest BCUT2D eigenvalue weighted by Gasteiger charge is -2.27. The van der Waals surface area contributed by atoms with Crippen LogP contribution in [-0.4, -0.2) is 17.5 Å². The van der Waals surface area contributed by atoms with E-state index in [-0.39, 0.29) is 11.2 Å². The average molecular weight is 252 g/mol. The Hall–Kier alpha value is -1.03. The number of hydrogen-bond donors (Lipinski definition) is 1. The Bertz CT molecular complexity index is 429. The highest BCUT2D eigenvalue weighted by atomic mass is 32.2. The summed E-state index contributed by atoms with van der Waals surface area (Å²) in [5.74, 6) is 0.880. The fourth-order valence-electron chi connectivity index (χ4n) is 1.57. The molecule has 0 spiro atoms. The molecule has 0 unspecified atom stereocenters. The smallest absolute Gasteiger partial charge is 0.156 e. The van der Waals surface area contributed by atoms with Gasteiger partial charge in [-0.3, -0.25) is 4.99 Å². The summed E-state index contributed by atoms with van der Waals surface area (Å²) in [7, 11) is 0. The zero-order valence-electron chi connectivity index (χ0n) is 10.2. The third-order valence-corrected chi connectivity index (χ3v) is 4.06. The van der Waals surface area contributed by atoms with Crippen LogP contribution >= 0.6 is 11.8 Å². The SMILES string of the molecule is CC1(C)CN=C(NCc2cccc(F)c2)SC1. The van der Waals surface area contributed by atoms with Crippen molar-refractivity contribution in [1.29, 1.82) is 0 Å². The lowest BCUT2D eigenvalue weighted by molar-refractivity contribution is 0.436. The summed E-state index contributed by atoms with van der Waals surface area (Å²) in [6.07, 6.45) is 0. The molecule has 1 heterocycles. The third-order valence-electron chi connectivity index (χ3n) is 2.58. The molecule has 1 N–H and O–H groups in total. The molecule has 0 saturated carbocycles. The predicted molar refractivity (Wildman–Crippen MR) is 71.8 cm³/mol. The highest BCUT2D eigenvalue weighted by Gasteiger charge is 2.23. The first-order valence-corrected chi connectivity index (χ1v) is 6.69. The standard InChI is InChI=1S/C13H17FN2S/c1-13(2)8-16-12(17-9-13)15-7-10-4-3-5-11(14)6-10/h3-6H,7-9H2,1-2H3,(H,15,16). The molecule has 1 aliphatic rings. The predicted octanol–water partition coefficient (Wildman–Crippen LogP) is 3.04. The Morgan fingerprint density at radius 1 is 1.47 bits per heavy atom.